The van der Waals surface area contributed by atoms with Gasteiger partial charge in [-0.15, -0.1) is 0 Å². The molecule has 1 aromatic carbocycles. The zero-order chi connectivity index (χ0) is 13.8. The number of benzene rings is 1. The molecule has 1 rings (SSSR count). The molecule has 0 saturated heterocycles. The number of rotatable bonds is 6. The normalized spacial score (nSPS) is 13.3. The van der Waals surface area contributed by atoms with Crippen LogP contribution >= 0.6 is 15.9 Å². The van der Waals surface area contributed by atoms with E-state index in [1.165, 1.54) is 6.26 Å². The minimum absolute atomic E-state index is 0.0686. The van der Waals surface area contributed by atoms with Crippen LogP contribution in [-0.4, -0.2) is 33.6 Å². The second-order valence-corrected chi connectivity index (χ2v) is 7.38. The summed E-state index contributed by atoms with van der Waals surface area (Å²) < 4.78 is 28.3. The SMILES string of the molecule is COc1ccc(CNC(C)CS(C)(=O)=O)cc1Br. The molecule has 0 bridgehead atoms. The van der Waals surface area contributed by atoms with Crippen molar-refractivity contribution in [2.45, 2.75) is 19.5 Å². The molecule has 1 N–H and O–H groups in total. The number of nitrogens with one attached hydrogen (secondary N) is 1. The van der Waals surface area contributed by atoms with Crippen LogP contribution in [0.5, 0.6) is 5.75 Å². The van der Waals surface area contributed by atoms with E-state index in [4.69, 9.17) is 4.74 Å². The van der Waals surface area contributed by atoms with Gasteiger partial charge in [-0.25, -0.2) is 8.42 Å². The maximum atomic E-state index is 11.1. The second-order valence-electron chi connectivity index (χ2n) is 4.34. The summed E-state index contributed by atoms with van der Waals surface area (Å²) in [4.78, 5) is 0. The van der Waals surface area contributed by atoms with Gasteiger partial charge in [-0.2, -0.15) is 0 Å². The van der Waals surface area contributed by atoms with Crippen molar-refractivity contribution in [2.75, 3.05) is 19.1 Å². The molecule has 0 aromatic heterocycles. The highest BCUT2D eigenvalue weighted by atomic mass is 79.9. The average Bonchev–Trinajstić information content (AvgIpc) is 2.24. The third-order valence-electron chi connectivity index (χ3n) is 2.42. The minimum atomic E-state index is -2.94. The van der Waals surface area contributed by atoms with E-state index in [1.54, 1.807) is 7.11 Å². The molecule has 0 spiro atoms. The lowest BCUT2D eigenvalue weighted by Gasteiger charge is -2.13. The van der Waals surface area contributed by atoms with E-state index in [0.29, 0.717) is 6.54 Å². The third kappa shape index (κ3) is 5.37. The monoisotopic (exact) mass is 335 g/mol. The van der Waals surface area contributed by atoms with Gasteiger partial charge in [0.2, 0.25) is 0 Å². The van der Waals surface area contributed by atoms with Crippen molar-refractivity contribution in [2.24, 2.45) is 0 Å². The van der Waals surface area contributed by atoms with E-state index in [0.717, 1.165) is 15.8 Å². The Morgan fingerprint density at radius 2 is 2.11 bits per heavy atom. The van der Waals surface area contributed by atoms with Crippen LogP contribution in [0.25, 0.3) is 0 Å². The summed E-state index contributed by atoms with van der Waals surface area (Å²) in [6.45, 7) is 2.49. The molecule has 0 saturated carbocycles. The Balaban J connectivity index is 2.56. The average molecular weight is 336 g/mol. The Morgan fingerprint density at radius 3 is 2.61 bits per heavy atom. The smallest absolute Gasteiger partial charge is 0.148 e. The lowest BCUT2D eigenvalue weighted by molar-refractivity contribution is 0.412. The fourth-order valence-corrected chi connectivity index (χ4v) is 3.24. The van der Waals surface area contributed by atoms with Crippen molar-refractivity contribution in [3.63, 3.8) is 0 Å². The molecule has 1 atom stereocenters. The van der Waals surface area contributed by atoms with Crippen molar-refractivity contribution in [1.29, 1.82) is 0 Å². The van der Waals surface area contributed by atoms with Gasteiger partial charge in [-0.1, -0.05) is 6.07 Å². The first kappa shape index (κ1) is 15.5. The van der Waals surface area contributed by atoms with Crippen LogP contribution in [0.2, 0.25) is 0 Å². The molecule has 1 unspecified atom stereocenters. The molecular formula is C12H18BrNO3S. The molecule has 102 valence electrons. The van der Waals surface area contributed by atoms with Crippen LogP contribution in [0.15, 0.2) is 22.7 Å². The predicted octanol–water partition coefficient (Wildman–Crippen LogP) is 1.98. The first-order valence-corrected chi connectivity index (χ1v) is 8.40. The van der Waals surface area contributed by atoms with Crippen molar-refractivity contribution >= 4 is 25.8 Å². The summed E-state index contributed by atoms with van der Waals surface area (Å²) in [6, 6.07) is 5.71. The Morgan fingerprint density at radius 1 is 1.44 bits per heavy atom. The zero-order valence-electron chi connectivity index (χ0n) is 10.7. The molecule has 0 aliphatic rings. The Hall–Kier alpha value is -0.590. The summed E-state index contributed by atoms with van der Waals surface area (Å²) in [7, 11) is -1.32. The molecule has 4 nitrogen and oxygen atoms in total. The number of hydrogen-bond acceptors (Lipinski definition) is 4. The highest BCUT2D eigenvalue weighted by Crippen LogP contribution is 2.25. The van der Waals surface area contributed by atoms with Gasteiger partial charge >= 0.3 is 0 Å². The zero-order valence-corrected chi connectivity index (χ0v) is 13.1. The number of halogens is 1. The van der Waals surface area contributed by atoms with Gasteiger partial charge in [-0.3, -0.25) is 0 Å². The van der Waals surface area contributed by atoms with Crippen molar-refractivity contribution in [1.82, 2.24) is 5.32 Å². The van der Waals surface area contributed by atoms with Gasteiger partial charge < -0.3 is 10.1 Å². The van der Waals surface area contributed by atoms with E-state index in [9.17, 15) is 8.42 Å². The van der Waals surface area contributed by atoms with E-state index >= 15 is 0 Å². The Kier molecular flexibility index (Phi) is 5.62. The van der Waals surface area contributed by atoms with Gasteiger partial charge in [0.1, 0.15) is 15.6 Å². The van der Waals surface area contributed by atoms with E-state index in [-0.39, 0.29) is 11.8 Å². The molecule has 6 heteroatoms. The number of methoxy groups -OCH3 is 1. The van der Waals surface area contributed by atoms with Crippen LogP contribution in [0.1, 0.15) is 12.5 Å². The van der Waals surface area contributed by atoms with Crippen molar-refractivity contribution in [3.8, 4) is 5.75 Å². The molecule has 0 aliphatic carbocycles. The van der Waals surface area contributed by atoms with E-state index in [1.807, 2.05) is 25.1 Å². The largest absolute Gasteiger partial charge is 0.496 e. The van der Waals surface area contributed by atoms with Gasteiger partial charge in [0.15, 0.2) is 0 Å². The molecule has 0 amide bonds. The standard InChI is InChI=1S/C12H18BrNO3S/c1-9(8-18(3,15)16)14-7-10-4-5-12(17-2)11(13)6-10/h4-6,9,14H,7-8H2,1-3H3. The molecule has 0 fully saturated rings. The van der Waals surface area contributed by atoms with Crippen LogP contribution in [-0.2, 0) is 16.4 Å². The number of sulfone groups is 1. The third-order valence-corrected chi connectivity index (χ3v) is 4.15. The fourth-order valence-electron chi connectivity index (χ4n) is 1.62. The van der Waals surface area contributed by atoms with Gasteiger partial charge in [0.25, 0.3) is 0 Å². The summed E-state index contributed by atoms with van der Waals surface area (Å²) in [6.07, 6.45) is 1.25. The fraction of sp³-hybridized carbons (Fsp3) is 0.500. The summed E-state index contributed by atoms with van der Waals surface area (Å²) >= 11 is 3.41. The van der Waals surface area contributed by atoms with Crippen molar-refractivity contribution < 1.29 is 13.2 Å². The minimum Gasteiger partial charge on any atom is -0.496 e. The van der Waals surface area contributed by atoms with Crippen LogP contribution < -0.4 is 10.1 Å². The maximum Gasteiger partial charge on any atom is 0.148 e. The summed E-state index contributed by atoms with van der Waals surface area (Å²) in [5.41, 5.74) is 1.07. The Bertz CT molecular complexity index is 502. The van der Waals surface area contributed by atoms with Gasteiger partial charge in [0.05, 0.1) is 17.3 Å². The lowest BCUT2D eigenvalue weighted by Crippen LogP contribution is -2.32. The second kappa shape index (κ2) is 6.54. The van der Waals surface area contributed by atoms with Crippen molar-refractivity contribution in [3.05, 3.63) is 28.2 Å². The predicted molar refractivity (Wildman–Crippen MR) is 76.7 cm³/mol. The number of ether oxygens (including phenoxy) is 1. The lowest BCUT2D eigenvalue weighted by atomic mass is 10.2. The maximum absolute atomic E-state index is 11.1. The highest BCUT2D eigenvalue weighted by Gasteiger charge is 2.10. The first-order valence-electron chi connectivity index (χ1n) is 5.55. The Labute approximate surface area is 117 Å². The highest BCUT2D eigenvalue weighted by molar-refractivity contribution is 9.10. The van der Waals surface area contributed by atoms with Crippen LogP contribution in [0.3, 0.4) is 0 Å². The molecule has 0 heterocycles. The van der Waals surface area contributed by atoms with Gasteiger partial charge in [-0.05, 0) is 40.5 Å². The van der Waals surface area contributed by atoms with Gasteiger partial charge in [0, 0.05) is 18.8 Å². The first-order chi connectivity index (χ1) is 8.31. The van der Waals surface area contributed by atoms with Crippen LogP contribution in [0.4, 0.5) is 0 Å². The quantitative estimate of drug-likeness (QED) is 0.863. The molecule has 18 heavy (non-hydrogen) atoms. The topological polar surface area (TPSA) is 55.4 Å². The number of hydrogen-bond donors (Lipinski definition) is 1. The van der Waals surface area contributed by atoms with E-state index in [2.05, 4.69) is 21.2 Å². The molecule has 0 aliphatic heterocycles. The molecule has 1 aromatic rings. The summed E-state index contributed by atoms with van der Waals surface area (Å²) in [5.74, 6) is 0.924. The summed E-state index contributed by atoms with van der Waals surface area (Å²) in [5, 5.41) is 3.18. The van der Waals surface area contributed by atoms with E-state index < -0.39 is 9.84 Å². The molecule has 0 radical (unpaired) electrons. The van der Waals surface area contributed by atoms with Crippen LogP contribution in [0, 0.1) is 0 Å². The molecular weight excluding hydrogens is 318 g/mol.